The zero-order valence-corrected chi connectivity index (χ0v) is 12.6. The van der Waals surface area contributed by atoms with Gasteiger partial charge in [-0.25, -0.2) is 9.59 Å². The highest BCUT2D eigenvalue weighted by atomic mass is 32.2. The van der Waals surface area contributed by atoms with E-state index in [-0.39, 0.29) is 11.4 Å². The number of aliphatic carboxylic acids is 1. The normalized spacial score (nSPS) is 25.1. The molecule has 1 aliphatic carbocycles. The monoisotopic (exact) mass is 310 g/mol. The van der Waals surface area contributed by atoms with Crippen molar-refractivity contribution in [1.29, 1.82) is 0 Å². The fourth-order valence-corrected chi connectivity index (χ4v) is 4.23. The van der Waals surface area contributed by atoms with E-state index in [4.69, 9.17) is 4.42 Å². The summed E-state index contributed by atoms with van der Waals surface area (Å²) in [5.41, 5.74) is 0. The molecule has 2 aliphatic rings. The number of hydrogen-bond acceptors (Lipinski definition) is 4. The molecule has 3 rings (SSSR count). The van der Waals surface area contributed by atoms with Crippen LogP contribution in [-0.2, 0) is 11.3 Å². The van der Waals surface area contributed by atoms with Crippen LogP contribution in [-0.4, -0.2) is 51.1 Å². The van der Waals surface area contributed by atoms with Crippen LogP contribution in [0.4, 0.5) is 4.79 Å². The van der Waals surface area contributed by atoms with E-state index < -0.39 is 12.0 Å². The second kappa shape index (κ2) is 5.63. The van der Waals surface area contributed by atoms with E-state index in [0.29, 0.717) is 24.0 Å². The summed E-state index contributed by atoms with van der Waals surface area (Å²) >= 11 is 1.59. The van der Waals surface area contributed by atoms with Gasteiger partial charge in [-0.2, -0.15) is 0 Å². The van der Waals surface area contributed by atoms with Crippen LogP contribution in [0.1, 0.15) is 18.6 Å². The van der Waals surface area contributed by atoms with E-state index in [0.717, 1.165) is 12.8 Å². The van der Waals surface area contributed by atoms with Gasteiger partial charge in [-0.05, 0) is 30.9 Å². The molecule has 2 amide bonds. The molecule has 2 fully saturated rings. The summed E-state index contributed by atoms with van der Waals surface area (Å²) in [6, 6.07) is 2.61. The topological polar surface area (TPSA) is 74.0 Å². The summed E-state index contributed by atoms with van der Waals surface area (Å²) < 4.78 is 5.24. The number of thioether (sulfide) groups is 1. The maximum absolute atomic E-state index is 12.7. The molecule has 1 aliphatic heterocycles. The Bertz CT molecular complexity index is 529. The molecular formula is C14H18N2O4S. The van der Waals surface area contributed by atoms with Crippen LogP contribution in [0.25, 0.3) is 0 Å². The Balaban J connectivity index is 1.74. The van der Waals surface area contributed by atoms with Gasteiger partial charge < -0.3 is 14.4 Å². The Hall–Kier alpha value is -1.63. The number of hydrogen-bond donors (Lipinski definition) is 1. The molecule has 0 aromatic carbocycles. The SMILES string of the molecule is CN(Cc1ccco1)C(=O)N1C(C(=O)O)CSC1C1CC1. The molecule has 0 bridgehead atoms. The molecule has 2 heterocycles. The van der Waals surface area contributed by atoms with Gasteiger partial charge in [-0.3, -0.25) is 4.90 Å². The third-order valence-corrected chi connectivity index (χ3v) is 5.33. The molecule has 1 saturated carbocycles. The number of furan rings is 1. The van der Waals surface area contributed by atoms with Crippen molar-refractivity contribution in [2.75, 3.05) is 12.8 Å². The summed E-state index contributed by atoms with van der Waals surface area (Å²) in [5, 5.41) is 9.34. The first-order valence-corrected chi connectivity index (χ1v) is 8.03. The van der Waals surface area contributed by atoms with Gasteiger partial charge in [0.2, 0.25) is 0 Å². The molecule has 1 aromatic heterocycles. The molecule has 1 saturated heterocycles. The van der Waals surface area contributed by atoms with Crippen LogP contribution in [0, 0.1) is 5.92 Å². The lowest BCUT2D eigenvalue weighted by molar-refractivity contribution is -0.141. The third kappa shape index (κ3) is 2.88. The Morgan fingerprint density at radius 1 is 1.52 bits per heavy atom. The summed E-state index contributed by atoms with van der Waals surface area (Å²) in [5.74, 6) is 0.676. The Morgan fingerprint density at radius 2 is 2.29 bits per heavy atom. The first-order chi connectivity index (χ1) is 10.1. The zero-order chi connectivity index (χ0) is 15.0. The molecule has 114 valence electrons. The standard InChI is InChI=1S/C14H18N2O4S/c1-15(7-10-3-2-6-20-10)14(19)16-11(13(17)18)8-21-12(16)9-4-5-9/h2-3,6,9,11-12H,4-5,7-8H2,1H3,(H,17,18). The average Bonchev–Trinajstić information content (AvgIpc) is 3.00. The van der Waals surface area contributed by atoms with E-state index >= 15 is 0 Å². The third-order valence-electron chi connectivity index (χ3n) is 3.87. The molecule has 2 unspecified atom stereocenters. The van der Waals surface area contributed by atoms with Crippen molar-refractivity contribution in [3.8, 4) is 0 Å². The lowest BCUT2D eigenvalue weighted by Crippen LogP contribution is -2.51. The molecule has 1 N–H and O–H groups in total. The zero-order valence-electron chi connectivity index (χ0n) is 11.8. The van der Waals surface area contributed by atoms with Gasteiger partial charge in [0.15, 0.2) is 0 Å². The van der Waals surface area contributed by atoms with Crippen LogP contribution < -0.4 is 0 Å². The van der Waals surface area contributed by atoms with Crippen molar-refractivity contribution in [2.45, 2.75) is 30.8 Å². The molecule has 7 heteroatoms. The highest BCUT2D eigenvalue weighted by Gasteiger charge is 2.48. The maximum Gasteiger partial charge on any atom is 0.327 e. The number of carboxylic acid groups (broad SMARTS) is 1. The maximum atomic E-state index is 12.7. The first-order valence-electron chi connectivity index (χ1n) is 6.98. The predicted molar refractivity (Wildman–Crippen MR) is 77.8 cm³/mol. The van der Waals surface area contributed by atoms with E-state index in [1.165, 1.54) is 4.90 Å². The van der Waals surface area contributed by atoms with Crippen molar-refractivity contribution < 1.29 is 19.1 Å². The number of carbonyl (C=O) groups is 2. The number of rotatable bonds is 4. The van der Waals surface area contributed by atoms with E-state index in [1.807, 2.05) is 0 Å². The van der Waals surface area contributed by atoms with Crippen molar-refractivity contribution in [3.63, 3.8) is 0 Å². The first kappa shape index (κ1) is 14.3. The molecule has 0 radical (unpaired) electrons. The minimum Gasteiger partial charge on any atom is -0.480 e. The number of carbonyl (C=O) groups excluding carboxylic acids is 1. The quantitative estimate of drug-likeness (QED) is 0.921. The van der Waals surface area contributed by atoms with Gasteiger partial charge in [-0.15, -0.1) is 11.8 Å². The molecule has 2 atom stereocenters. The molecule has 6 nitrogen and oxygen atoms in total. The summed E-state index contributed by atoms with van der Waals surface area (Å²) in [7, 11) is 1.68. The predicted octanol–water partition coefficient (Wildman–Crippen LogP) is 2.07. The van der Waals surface area contributed by atoms with Crippen molar-refractivity contribution in [3.05, 3.63) is 24.2 Å². The highest BCUT2D eigenvalue weighted by molar-refractivity contribution is 8.00. The Kier molecular flexibility index (Phi) is 3.84. The lowest BCUT2D eigenvalue weighted by atomic mass is 10.2. The molecular weight excluding hydrogens is 292 g/mol. The molecule has 0 spiro atoms. The van der Waals surface area contributed by atoms with E-state index in [9.17, 15) is 14.7 Å². The Morgan fingerprint density at radius 3 is 2.86 bits per heavy atom. The number of urea groups is 1. The highest BCUT2D eigenvalue weighted by Crippen LogP contribution is 2.45. The van der Waals surface area contributed by atoms with Crippen molar-refractivity contribution in [1.82, 2.24) is 9.80 Å². The Labute approximate surface area is 127 Å². The fraction of sp³-hybridized carbons (Fsp3) is 0.571. The second-order valence-electron chi connectivity index (χ2n) is 5.54. The van der Waals surface area contributed by atoms with Crippen LogP contribution in [0.15, 0.2) is 22.8 Å². The van der Waals surface area contributed by atoms with E-state index in [1.54, 1.807) is 42.1 Å². The van der Waals surface area contributed by atoms with Crippen molar-refractivity contribution in [2.24, 2.45) is 5.92 Å². The number of amides is 2. The van der Waals surface area contributed by atoms with Gasteiger partial charge in [0.1, 0.15) is 11.8 Å². The van der Waals surface area contributed by atoms with Gasteiger partial charge in [-0.1, -0.05) is 0 Å². The lowest BCUT2D eigenvalue weighted by Gasteiger charge is -2.31. The van der Waals surface area contributed by atoms with Gasteiger partial charge >= 0.3 is 12.0 Å². The van der Waals surface area contributed by atoms with Gasteiger partial charge in [0.05, 0.1) is 18.2 Å². The summed E-state index contributed by atoms with van der Waals surface area (Å²) in [6.07, 6.45) is 3.72. The summed E-state index contributed by atoms with van der Waals surface area (Å²) in [6.45, 7) is 0.344. The van der Waals surface area contributed by atoms with Crippen LogP contribution in [0.2, 0.25) is 0 Å². The van der Waals surface area contributed by atoms with Crippen LogP contribution >= 0.6 is 11.8 Å². The van der Waals surface area contributed by atoms with Gasteiger partial charge in [0.25, 0.3) is 0 Å². The van der Waals surface area contributed by atoms with Crippen LogP contribution in [0.3, 0.4) is 0 Å². The molecule has 21 heavy (non-hydrogen) atoms. The van der Waals surface area contributed by atoms with Gasteiger partial charge in [0, 0.05) is 12.8 Å². The minimum atomic E-state index is -0.926. The van der Waals surface area contributed by atoms with Crippen LogP contribution in [0.5, 0.6) is 0 Å². The minimum absolute atomic E-state index is 0.00217. The second-order valence-corrected chi connectivity index (χ2v) is 6.69. The smallest absolute Gasteiger partial charge is 0.327 e. The number of carboxylic acids is 1. The fourth-order valence-electron chi connectivity index (χ4n) is 2.61. The summed E-state index contributed by atoms with van der Waals surface area (Å²) in [4.78, 5) is 27.1. The van der Waals surface area contributed by atoms with E-state index in [2.05, 4.69) is 0 Å². The largest absolute Gasteiger partial charge is 0.480 e. The van der Waals surface area contributed by atoms with Crippen molar-refractivity contribution >= 4 is 23.8 Å². The average molecular weight is 310 g/mol. The molecule has 1 aromatic rings. The number of nitrogens with zero attached hydrogens (tertiary/aromatic N) is 2.